The predicted molar refractivity (Wildman–Crippen MR) is 122 cm³/mol. The molecule has 0 radical (unpaired) electrons. The number of rotatable bonds is 4. The standard InChI is InChI=1S/C24H22ClNO2S/c1-2-29(27,28)26-19-9-5-7-17(15-19)16-23-20-10-4-3-8-18(20)13-14-22-21(23)11-6-12-24(22)25/h3-12,15-16,26H,2,13-14H2,1H3. The molecule has 0 unspecified atom stereocenters. The SMILES string of the molecule is CCS(=O)(=O)Nc1cccc(C=C2c3ccccc3CCc3c(Cl)cccc32)c1. The number of sulfonamides is 1. The molecule has 3 aromatic carbocycles. The van der Waals surface area contributed by atoms with E-state index in [0.717, 1.165) is 40.1 Å². The van der Waals surface area contributed by atoms with Crippen LogP contribution < -0.4 is 4.72 Å². The Labute approximate surface area is 177 Å². The van der Waals surface area contributed by atoms with Gasteiger partial charge in [0.1, 0.15) is 0 Å². The lowest BCUT2D eigenvalue weighted by Crippen LogP contribution is -2.14. The van der Waals surface area contributed by atoms with Crippen molar-refractivity contribution in [3.63, 3.8) is 0 Å². The second kappa shape index (κ2) is 8.05. The molecule has 0 spiro atoms. The van der Waals surface area contributed by atoms with Crippen LogP contribution in [0.25, 0.3) is 11.6 Å². The third-order valence-electron chi connectivity index (χ3n) is 5.21. The number of fused-ring (bicyclic) bond motifs is 2. The monoisotopic (exact) mass is 423 g/mol. The van der Waals surface area contributed by atoms with E-state index in [1.165, 1.54) is 11.1 Å². The van der Waals surface area contributed by atoms with Gasteiger partial charge in [0, 0.05) is 10.7 Å². The van der Waals surface area contributed by atoms with Gasteiger partial charge in [0.05, 0.1) is 5.75 Å². The molecule has 29 heavy (non-hydrogen) atoms. The zero-order valence-corrected chi connectivity index (χ0v) is 17.7. The fraction of sp³-hybridized carbons (Fsp3) is 0.167. The molecule has 4 rings (SSSR count). The van der Waals surface area contributed by atoms with Crippen molar-refractivity contribution in [1.29, 1.82) is 0 Å². The molecule has 1 aliphatic carbocycles. The van der Waals surface area contributed by atoms with Crippen molar-refractivity contribution in [2.75, 3.05) is 10.5 Å². The number of anilines is 1. The van der Waals surface area contributed by atoms with Gasteiger partial charge in [-0.3, -0.25) is 4.72 Å². The number of hydrogen-bond acceptors (Lipinski definition) is 2. The van der Waals surface area contributed by atoms with E-state index in [4.69, 9.17) is 11.6 Å². The summed E-state index contributed by atoms with van der Waals surface area (Å²) >= 11 is 6.54. The van der Waals surface area contributed by atoms with E-state index in [1.54, 1.807) is 13.0 Å². The summed E-state index contributed by atoms with van der Waals surface area (Å²) in [4.78, 5) is 0. The highest BCUT2D eigenvalue weighted by Gasteiger charge is 2.19. The molecule has 1 aliphatic rings. The topological polar surface area (TPSA) is 46.2 Å². The van der Waals surface area contributed by atoms with Crippen molar-refractivity contribution in [2.45, 2.75) is 19.8 Å². The molecule has 0 atom stereocenters. The lowest BCUT2D eigenvalue weighted by atomic mass is 9.92. The number of hydrogen-bond donors (Lipinski definition) is 1. The summed E-state index contributed by atoms with van der Waals surface area (Å²) < 4.78 is 26.5. The Kier molecular flexibility index (Phi) is 5.48. The van der Waals surface area contributed by atoms with Crippen molar-refractivity contribution in [3.8, 4) is 0 Å². The van der Waals surface area contributed by atoms with Crippen LogP contribution in [0.3, 0.4) is 0 Å². The van der Waals surface area contributed by atoms with Crippen molar-refractivity contribution in [2.24, 2.45) is 0 Å². The first-order valence-corrected chi connectivity index (χ1v) is 11.7. The van der Waals surface area contributed by atoms with Gasteiger partial charge in [-0.1, -0.05) is 60.1 Å². The van der Waals surface area contributed by atoms with Crippen molar-refractivity contribution in [3.05, 3.63) is 99.6 Å². The van der Waals surface area contributed by atoms with Gasteiger partial charge in [0.25, 0.3) is 0 Å². The second-order valence-corrected chi connectivity index (χ2v) is 9.53. The molecular formula is C24H22ClNO2S. The van der Waals surface area contributed by atoms with Crippen LogP contribution in [0, 0.1) is 0 Å². The van der Waals surface area contributed by atoms with Gasteiger partial charge in [0.2, 0.25) is 10.0 Å². The van der Waals surface area contributed by atoms with Crippen LogP contribution in [0.5, 0.6) is 0 Å². The summed E-state index contributed by atoms with van der Waals surface area (Å²) in [6.45, 7) is 1.62. The van der Waals surface area contributed by atoms with Crippen LogP contribution in [-0.2, 0) is 22.9 Å². The first-order chi connectivity index (χ1) is 14.0. The van der Waals surface area contributed by atoms with Gasteiger partial charge in [0.15, 0.2) is 0 Å². The quantitative estimate of drug-likeness (QED) is 0.577. The maximum Gasteiger partial charge on any atom is 0.232 e. The Bertz CT molecular complexity index is 1200. The van der Waals surface area contributed by atoms with Crippen molar-refractivity contribution < 1.29 is 8.42 Å². The molecule has 0 amide bonds. The molecule has 3 aromatic rings. The normalized spacial score (nSPS) is 14.8. The lowest BCUT2D eigenvalue weighted by molar-refractivity contribution is 0.602. The minimum absolute atomic E-state index is 0.0393. The van der Waals surface area contributed by atoms with E-state index < -0.39 is 10.0 Å². The summed E-state index contributed by atoms with van der Waals surface area (Å²) in [5.41, 5.74) is 7.35. The molecule has 3 nitrogen and oxygen atoms in total. The first-order valence-electron chi connectivity index (χ1n) is 9.65. The Morgan fingerprint density at radius 1 is 0.966 bits per heavy atom. The largest absolute Gasteiger partial charge is 0.284 e. The first kappa shape index (κ1) is 19.7. The fourth-order valence-corrected chi connectivity index (χ4v) is 4.64. The van der Waals surface area contributed by atoms with E-state index in [1.807, 2.05) is 36.4 Å². The molecule has 0 aromatic heterocycles. The lowest BCUT2D eigenvalue weighted by Gasteiger charge is -2.13. The van der Waals surface area contributed by atoms with Crippen LogP contribution in [-0.4, -0.2) is 14.2 Å². The molecule has 0 heterocycles. The maximum absolute atomic E-state index is 11.9. The maximum atomic E-state index is 11.9. The summed E-state index contributed by atoms with van der Waals surface area (Å²) in [5.74, 6) is 0.0393. The van der Waals surface area contributed by atoms with E-state index in [-0.39, 0.29) is 5.75 Å². The Morgan fingerprint density at radius 2 is 1.72 bits per heavy atom. The van der Waals surface area contributed by atoms with Crippen LogP contribution in [0.2, 0.25) is 5.02 Å². The third-order valence-corrected chi connectivity index (χ3v) is 6.87. The van der Waals surface area contributed by atoms with Gasteiger partial charge in [-0.15, -0.1) is 0 Å². The van der Waals surface area contributed by atoms with Crippen LogP contribution in [0.1, 0.15) is 34.7 Å². The smallest absolute Gasteiger partial charge is 0.232 e. The molecule has 0 saturated carbocycles. The zero-order chi connectivity index (χ0) is 20.4. The summed E-state index contributed by atoms with van der Waals surface area (Å²) in [6, 6.07) is 21.9. The second-order valence-electron chi connectivity index (χ2n) is 7.11. The van der Waals surface area contributed by atoms with Crippen LogP contribution >= 0.6 is 11.6 Å². The van der Waals surface area contributed by atoms with Crippen LogP contribution in [0.4, 0.5) is 5.69 Å². The molecular weight excluding hydrogens is 402 g/mol. The molecule has 0 aliphatic heterocycles. The molecule has 0 saturated heterocycles. The summed E-state index contributed by atoms with van der Waals surface area (Å²) in [7, 11) is -3.32. The molecule has 1 N–H and O–H groups in total. The number of nitrogens with one attached hydrogen (secondary N) is 1. The van der Waals surface area contributed by atoms with E-state index in [9.17, 15) is 8.42 Å². The minimum atomic E-state index is -3.32. The average Bonchev–Trinajstić information content (AvgIpc) is 2.86. The summed E-state index contributed by atoms with van der Waals surface area (Å²) in [6.07, 6.45) is 3.93. The predicted octanol–water partition coefficient (Wildman–Crippen LogP) is 5.79. The van der Waals surface area contributed by atoms with Gasteiger partial charge >= 0.3 is 0 Å². The van der Waals surface area contributed by atoms with E-state index >= 15 is 0 Å². The van der Waals surface area contributed by atoms with Gasteiger partial charge < -0.3 is 0 Å². The molecule has 0 bridgehead atoms. The highest BCUT2D eigenvalue weighted by atomic mass is 35.5. The van der Waals surface area contributed by atoms with E-state index in [2.05, 4.69) is 35.1 Å². The van der Waals surface area contributed by atoms with Gasteiger partial charge in [-0.25, -0.2) is 8.42 Å². The molecule has 5 heteroatoms. The number of halogens is 1. The average molecular weight is 424 g/mol. The Hall–Kier alpha value is -2.56. The van der Waals surface area contributed by atoms with Gasteiger partial charge in [-0.05, 0) is 77.4 Å². The highest BCUT2D eigenvalue weighted by molar-refractivity contribution is 7.92. The summed E-state index contributed by atoms with van der Waals surface area (Å²) in [5, 5.41) is 0.783. The fourth-order valence-electron chi connectivity index (χ4n) is 3.74. The van der Waals surface area contributed by atoms with E-state index in [0.29, 0.717) is 5.69 Å². The van der Waals surface area contributed by atoms with Gasteiger partial charge in [-0.2, -0.15) is 0 Å². The number of benzene rings is 3. The highest BCUT2D eigenvalue weighted by Crippen LogP contribution is 2.37. The third kappa shape index (κ3) is 4.24. The minimum Gasteiger partial charge on any atom is -0.284 e. The van der Waals surface area contributed by atoms with Crippen molar-refractivity contribution in [1.82, 2.24) is 0 Å². The Balaban J connectivity index is 1.86. The number of aryl methyl sites for hydroxylation is 1. The Morgan fingerprint density at radius 3 is 2.55 bits per heavy atom. The molecule has 148 valence electrons. The zero-order valence-electron chi connectivity index (χ0n) is 16.2. The molecule has 0 fully saturated rings. The van der Waals surface area contributed by atoms with Crippen molar-refractivity contribution >= 4 is 39.0 Å². The van der Waals surface area contributed by atoms with Crippen LogP contribution in [0.15, 0.2) is 66.7 Å².